The van der Waals surface area contributed by atoms with E-state index in [1.807, 2.05) is 0 Å². The Balaban J connectivity index is 2.15. The molecule has 0 saturated carbocycles. The lowest BCUT2D eigenvalue weighted by Gasteiger charge is -2.24. The summed E-state index contributed by atoms with van der Waals surface area (Å²) in [5.74, 6) is -0.114. The molecule has 1 aliphatic heterocycles. The van der Waals surface area contributed by atoms with Crippen LogP contribution in [0.15, 0.2) is 17.1 Å². The van der Waals surface area contributed by atoms with Gasteiger partial charge in [-0.1, -0.05) is 52.4 Å². The third-order valence-corrected chi connectivity index (χ3v) is 5.58. The van der Waals surface area contributed by atoms with Crippen molar-refractivity contribution in [3.63, 3.8) is 0 Å². The molecule has 0 aliphatic carbocycles. The highest BCUT2D eigenvalue weighted by molar-refractivity contribution is 5.61. The lowest BCUT2D eigenvalue weighted by Crippen LogP contribution is -2.42. The molecule has 13 heteroatoms. The van der Waals surface area contributed by atoms with Crippen molar-refractivity contribution < 1.29 is 43.6 Å². The number of carbonyl (C=O) groups excluding carboxylic acids is 2. The number of rotatable bonds is 15. The fraction of sp³-hybridized carbons (Fsp3) is 0.739. The largest absolute Gasteiger partial charge is 0.508 e. The number of aromatic nitrogens is 2. The molecular formula is C23H37N3O10. The lowest BCUT2D eigenvalue weighted by molar-refractivity contribution is -0.0673. The van der Waals surface area contributed by atoms with Crippen molar-refractivity contribution >= 4 is 18.1 Å². The van der Waals surface area contributed by atoms with Gasteiger partial charge < -0.3 is 28.8 Å². The van der Waals surface area contributed by atoms with Gasteiger partial charge in [0.25, 0.3) is 0 Å². The molecule has 1 aromatic heterocycles. The summed E-state index contributed by atoms with van der Waals surface area (Å²) in [5.41, 5.74) is 0.907. The molecule has 1 aromatic rings. The van der Waals surface area contributed by atoms with Crippen LogP contribution in [0.1, 0.15) is 71.4 Å². The molecule has 0 amide bonds. The van der Waals surface area contributed by atoms with Crippen LogP contribution in [0.5, 0.6) is 0 Å². The number of hydrogen-bond acceptors (Lipinski definition) is 12. The van der Waals surface area contributed by atoms with Crippen molar-refractivity contribution in [3.05, 3.63) is 22.7 Å². The fourth-order valence-corrected chi connectivity index (χ4v) is 3.67. The zero-order valence-electron chi connectivity index (χ0n) is 20.8. The summed E-state index contributed by atoms with van der Waals surface area (Å²) in [4.78, 5) is 40.9. The number of anilines is 1. The highest BCUT2D eigenvalue weighted by atomic mass is 16.8. The van der Waals surface area contributed by atoms with Gasteiger partial charge in [-0.05, 0) is 18.9 Å². The van der Waals surface area contributed by atoms with E-state index in [0.717, 1.165) is 43.1 Å². The van der Waals surface area contributed by atoms with Crippen molar-refractivity contribution in [3.8, 4) is 0 Å². The summed E-state index contributed by atoms with van der Waals surface area (Å²) in [6.07, 6.45) is 1.24. The number of hydrogen-bond donors (Lipinski definition) is 3. The second-order valence-electron chi connectivity index (χ2n) is 8.35. The summed E-state index contributed by atoms with van der Waals surface area (Å²) in [5, 5.41) is 18.8. The van der Waals surface area contributed by atoms with Crippen molar-refractivity contribution in [2.24, 2.45) is 0 Å². The van der Waals surface area contributed by atoms with Gasteiger partial charge in [0.1, 0.15) is 6.10 Å². The number of ether oxygens (including phenoxy) is 5. The van der Waals surface area contributed by atoms with E-state index in [4.69, 9.17) is 28.9 Å². The minimum absolute atomic E-state index is 0.114. The summed E-state index contributed by atoms with van der Waals surface area (Å²) >= 11 is 0. The molecule has 0 spiro atoms. The second kappa shape index (κ2) is 16.0. The Morgan fingerprint density at radius 1 is 1.00 bits per heavy atom. The molecule has 13 nitrogen and oxygen atoms in total. The highest BCUT2D eigenvalue weighted by Gasteiger charge is 2.51. The number of aliphatic hydroxyl groups is 1. The number of nitrogens with one attached hydrogen (secondary N) is 1. The van der Waals surface area contributed by atoms with Gasteiger partial charge in [0, 0.05) is 6.20 Å². The molecule has 4 unspecified atom stereocenters. The third kappa shape index (κ3) is 8.95. The Kier molecular flexibility index (Phi) is 13.0. The first-order valence-electron chi connectivity index (χ1n) is 12.4. The molecular weight excluding hydrogens is 478 g/mol. The van der Waals surface area contributed by atoms with Gasteiger partial charge >= 0.3 is 18.0 Å². The SMILES string of the molecule is CCCCCCOC(=O)OC1C(CO)OC(n2ccc(NO)nc2=O)C1OC(=O)OCCCCCC. The van der Waals surface area contributed by atoms with Gasteiger partial charge in [-0.3, -0.25) is 15.3 Å². The molecule has 1 aliphatic rings. The first-order chi connectivity index (χ1) is 17.4. The van der Waals surface area contributed by atoms with Crippen LogP contribution in [0.4, 0.5) is 15.4 Å². The number of unbranched alkanes of at least 4 members (excludes halogenated alkanes) is 6. The molecule has 4 atom stereocenters. The van der Waals surface area contributed by atoms with E-state index in [-0.39, 0.29) is 19.0 Å². The maximum atomic E-state index is 12.5. The minimum Gasteiger partial charge on any atom is -0.434 e. The molecule has 2 heterocycles. The first kappa shape index (κ1) is 29.3. The van der Waals surface area contributed by atoms with Gasteiger partial charge in [0.15, 0.2) is 24.3 Å². The van der Waals surface area contributed by atoms with Crippen molar-refractivity contribution in [1.82, 2.24) is 9.55 Å². The van der Waals surface area contributed by atoms with Gasteiger partial charge in [-0.15, -0.1) is 0 Å². The minimum atomic E-state index is -1.36. The first-order valence-corrected chi connectivity index (χ1v) is 12.4. The Labute approximate surface area is 209 Å². The molecule has 1 fully saturated rings. The Morgan fingerprint density at radius 3 is 2.08 bits per heavy atom. The fourth-order valence-electron chi connectivity index (χ4n) is 3.67. The highest BCUT2D eigenvalue weighted by Crippen LogP contribution is 2.33. The van der Waals surface area contributed by atoms with Gasteiger partial charge in [0.2, 0.25) is 0 Å². The molecule has 0 aromatic carbocycles. The van der Waals surface area contributed by atoms with E-state index in [2.05, 4.69) is 18.8 Å². The molecule has 36 heavy (non-hydrogen) atoms. The van der Waals surface area contributed by atoms with Crippen LogP contribution >= 0.6 is 0 Å². The van der Waals surface area contributed by atoms with Gasteiger partial charge in [-0.2, -0.15) is 4.98 Å². The summed E-state index contributed by atoms with van der Waals surface area (Å²) in [6.45, 7) is 3.79. The van der Waals surface area contributed by atoms with Crippen LogP contribution in [0, 0.1) is 0 Å². The predicted octanol–water partition coefficient (Wildman–Crippen LogP) is 3.14. The smallest absolute Gasteiger partial charge is 0.434 e. The van der Waals surface area contributed by atoms with Crippen molar-refractivity contribution in [2.45, 2.75) is 89.8 Å². The standard InChI is InChI=1S/C23H37N3O10/c1-3-5-7-9-13-32-22(29)35-18-16(15-27)34-20(26-12-11-17(25-31)24-21(26)28)19(18)36-23(30)33-14-10-8-6-4-2/h11-12,16,18-20,27,31H,3-10,13-15H2,1-2H3,(H,24,25,28). The quantitative estimate of drug-likeness (QED) is 0.178. The van der Waals surface area contributed by atoms with E-state index in [9.17, 15) is 19.5 Å². The van der Waals surface area contributed by atoms with Gasteiger partial charge in [-0.25, -0.2) is 14.4 Å². The Morgan fingerprint density at radius 2 is 1.58 bits per heavy atom. The van der Waals surface area contributed by atoms with E-state index in [1.165, 1.54) is 12.3 Å². The molecule has 2 rings (SSSR count). The molecule has 3 N–H and O–H groups in total. The topological polar surface area (TPSA) is 168 Å². The van der Waals surface area contributed by atoms with Crippen molar-refractivity contribution in [1.29, 1.82) is 0 Å². The van der Waals surface area contributed by atoms with E-state index >= 15 is 0 Å². The zero-order valence-corrected chi connectivity index (χ0v) is 20.8. The Bertz CT molecular complexity index is 865. The molecule has 0 radical (unpaired) electrons. The molecule has 0 bridgehead atoms. The van der Waals surface area contributed by atoms with Crippen LogP contribution in [0.25, 0.3) is 0 Å². The predicted molar refractivity (Wildman–Crippen MR) is 126 cm³/mol. The maximum Gasteiger partial charge on any atom is 0.508 e. The van der Waals surface area contributed by atoms with Crippen LogP contribution < -0.4 is 11.2 Å². The number of aliphatic hydroxyl groups excluding tert-OH is 1. The summed E-state index contributed by atoms with van der Waals surface area (Å²) in [6, 6.07) is 1.28. The molecule has 1 saturated heterocycles. The molecule has 204 valence electrons. The lowest BCUT2D eigenvalue weighted by atomic mass is 10.1. The van der Waals surface area contributed by atoms with Crippen LogP contribution in [-0.4, -0.2) is 70.3 Å². The van der Waals surface area contributed by atoms with Crippen LogP contribution in [0.3, 0.4) is 0 Å². The Hall–Kier alpha value is -2.90. The van der Waals surface area contributed by atoms with E-state index < -0.39 is 49.1 Å². The summed E-state index contributed by atoms with van der Waals surface area (Å²) < 4.78 is 27.7. The van der Waals surface area contributed by atoms with Crippen LogP contribution in [-0.2, 0) is 23.7 Å². The third-order valence-electron chi connectivity index (χ3n) is 5.58. The van der Waals surface area contributed by atoms with E-state index in [0.29, 0.717) is 12.8 Å². The monoisotopic (exact) mass is 515 g/mol. The average molecular weight is 516 g/mol. The average Bonchev–Trinajstić information content (AvgIpc) is 3.19. The van der Waals surface area contributed by atoms with Gasteiger partial charge in [0.05, 0.1) is 19.8 Å². The van der Waals surface area contributed by atoms with E-state index in [1.54, 1.807) is 5.48 Å². The zero-order chi connectivity index (χ0) is 26.3. The summed E-state index contributed by atoms with van der Waals surface area (Å²) in [7, 11) is 0. The number of carbonyl (C=O) groups is 2. The van der Waals surface area contributed by atoms with Crippen molar-refractivity contribution in [2.75, 3.05) is 25.3 Å². The normalized spacial score (nSPS) is 21.1. The maximum absolute atomic E-state index is 12.5. The van der Waals surface area contributed by atoms with Crippen LogP contribution in [0.2, 0.25) is 0 Å². The second-order valence-corrected chi connectivity index (χ2v) is 8.35. The number of nitrogens with zero attached hydrogens (tertiary/aromatic N) is 2.